The van der Waals surface area contributed by atoms with Crippen molar-refractivity contribution in [3.63, 3.8) is 0 Å². The molecule has 0 bridgehead atoms. The predicted molar refractivity (Wildman–Crippen MR) is 69.7 cm³/mol. The van der Waals surface area contributed by atoms with Crippen LogP contribution in [-0.2, 0) is 4.79 Å². The van der Waals surface area contributed by atoms with Crippen molar-refractivity contribution in [1.82, 2.24) is 10.2 Å². The molecule has 2 rings (SSSR count). The average molecular weight is 249 g/mol. The van der Waals surface area contributed by atoms with Crippen molar-refractivity contribution in [2.24, 2.45) is 11.8 Å². The second-order valence-electron chi connectivity index (χ2n) is 5.98. The smallest absolute Gasteiger partial charge is 0.234 e. The van der Waals surface area contributed by atoms with E-state index in [1.54, 1.807) is 0 Å². The van der Waals surface area contributed by atoms with Crippen molar-refractivity contribution >= 4 is 5.91 Å². The maximum absolute atomic E-state index is 11.8. The predicted octanol–water partition coefficient (Wildman–Crippen LogP) is 1.53. The molecule has 0 radical (unpaired) electrons. The monoisotopic (exact) mass is 249 g/mol. The Morgan fingerprint density at radius 2 is 2.11 bits per heavy atom. The van der Waals surface area contributed by atoms with Crippen molar-refractivity contribution < 1.29 is 4.79 Å². The van der Waals surface area contributed by atoms with E-state index in [-0.39, 0.29) is 17.9 Å². The molecule has 2 aliphatic carbocycles. The van der Waals surface area contributed by atoms with Crippen LogP contribution in [-0.4, -0.2) is 36.5 Å². The summed E-state index contributed by atoms with van der Waals surface area (Å²) in [4.78, 5) is 13.9. The highest BCUT2D eigenvalue weighted by molar-refractivity contribution is 5.78. The first-order valence-corrected chi connectivity index (χ1v) is 6.99. The molecule has 1 N–H and O–H groups in total. The van der Waals surface area contributed by atoms with E-state index in [1.165, 1.54) is 0 Å². The van der Waals surface area contributed by atoms with Gasteiger partial charge in [0.2, 0.25) is 5.91 Å². The number of nitrogens with one attached hydrogen (secondary N) is 1. The third kappa shape index (κ3) is 3.46. The zero-order chi connectivity index (χ0) is 13.1. The molecule has 0 spiro atoms. The van der Waals surface area contributed by atoms with Crippen LogP contribution < -0.4 is 5.32 Å². The van der Waals surface area contributed by atoms with Gasteiger partial charge in [0.1, 0.15) is 0 Å². The molecule has 2 fully saturated rings. The van der Waals surface area contributed by atoms with E-state index in [4.69, 9.17) is 0 Å². The van der Waals surface area contributed by atoms with Gasteiger partial charge in [-0.2, -0.15) is 5.26 Å². The lowest BCUT2D eigenvalue weighted by molar-refractivity contribution is -0.123. The van der Waals surface area contributed by atoms with Crippen LogP contribution in [0.2, 0.25) is 0 Å². The highest BCUT2D eigenvalue weighted by atomic mass is 16.2. The largest absolute Gasteiger partial charge is 0.352 e. The molecule has 3 atom stereocenters. The molecule has 0 heterocycles. The lowest BCUT2D eigenvalue weighted by Crippen LogP contribution is -2.46. The molecule has 4 heteroatoms. The van der Waals surface area contributed by atoms with E-state index in [9.17, 15) is 10.1 Å². The molecule has 2 aliphatic rings. The van der Waals surface area contributed by atoms with Crippen molar-refractivity contribution in [1.29, 1.82) is 5.26 Å². The first-order valence-electron chi connectivity index (χ1n) is 6.99. The van der Waals surface area contributed by atoms with Crippen LogP contribution in [0.5, 0.6) is 0 Å². The molecule has 2 saturated carbocycles. The van der Waals surface area contributed by atoms with E-state index >= 15 is 0 Å². The van der Waals surface area contributed by atoms with Crippen LogP contribution in [0.3, 0.4) is 0 Å². The molecule has 0 aliphatic heterocycles. The topological polar surface area (TPSA) is 56.1 Å². The van der Waals surface area contributed by atoms with Crippen LogP contribution >= 0.6 is 0 Å². The number of carbonyl (C=O) groups excluding carboxylic acids is 1. The van der Waals surface area contributed by atoms with Gasteiger partial charge in [0.15, 0.2) is 0 Å². The zero-order valence-corrected chi connectivity index (χ0v) is 11.4. The average Bonchev–Trinajstić information content (AvgIpc) is 3.12. The molecule has 0 aromatic heterocycles. The number of amides is 1. The molecule has 18 heavy (non-hydrogen) atoms. The zero-order valence-electron chi connectivity index (χ0n) is 11.4. The summed E-state index contributed by atoms with van der Waals surface area (Å²) in [5, 5.41) is 12.2. The number of likely N-dealkylation sites (N-methyl/N-ethyl adjacent to an activating group) is 1. The minimum Gasteiger partial charge on any atom is -0.352 e. The minimum atomic E-state index is 0.0833. The van der Waals surface area contributed by atoms with Crippen LogP contribution in [0, 0.1) is 23.2 Å². The van der Waals surface area contributed by atoms with Gasteiger partial charge in [0.05, 0.1) is 18.5 Å². The van der Waals surface area contributed by atoms with E-state index in [0.717, 1.165) is 32.1 Å². The van der Waals surface area contributed by atoms with Crippen molar-refractivity contribution in [2.75, 3.05) is 13.6 Å². The summed E-state index contributed by atoms with van der Waals surface area (Å²) in [6, 6.07) is 3.07. The number of nitriles is 1. The van der Waals surface area contributed by atoms with Gasteiger partial charge >= 0.3 is 0 Å². The Bertz CT molecular complexity index is 345. The van der Waals surface area contributed by atoms with Gasteiger partial charge in [-0.15, -0.1) is 0 Å². The Labute approximate surface area is 109 Å². The van der Waals surface area contributed by atoms with Crippen LogP contribution in [0.4, 0.5) is 0 Å². The second kappa shape index (κ2) is 5.71. The first kappa shape index (κ1) is 13.4. The van der Waals surface area contributed by atoms with Gasteiger partial charge in [-0.3, -0.25) is 9.69 Å². The van der Waals surface area contributed by atoms with E-state index in [1.807, 2.05) is 7.05 Å². The molecular weight excluding hydrogens is 226 g/mol. The molecule has 0 aromatic carbocycles. The molecule has 0 aromatic rings. The fraction of sp³-hybridized carbons (Fsp3) is 0.857. The second-order valence-corrected chi connectivity index (χ2v) is 5.98. The lowest BCUT2D eigenvalue weighted by Gasteiger charge is -2.37. The lowest BCUT2D eigenvalue weighted by atomic mass is 9.79. The summed E-state index contributed by atoms with van der Waals surface area (Å²) < 4.78 is 0. The summed E-state index contributed by atoms with van der Waals surface area (Å²) in [6.45, 7) is 2.66. The molecular formula is C14H23N3O. The number of carbonyl (C=O) groups is 1. The van der Waals surface area contributed by atoms with Gasteiger partial charge in [0.25, 0.3) is 0 Å². The minimum absolute atomic E-state index is 0.0833. The number of nitrogens with zero attached hydrogens (tertiary/aromatic N) is 2. The van der Waals surface area contributed by atoms with E-state index in [2.05, 4.69) is 23.2 Å². The Morgan fingerprint density at radius 1 is 1.39 bits per heavy atom. The van der Waals surface area contributed by atoms with Crippen molar-refractivity contribution in [2.45, 2.75) is 51.1 Å². The molecule has 100 valence electrons. The Balaban J connectivity index is 1.86. The van der Waals surface area contributed by atoms with Crippen LogP contribution in [0.25, 0.3) is 0 Å². The Kier molecular flexibility index (Phi) is 4.23. The molecule has 1 amide bonds. The normalized spacial score (nSPS) is 32.0. The van der Waals surface area contributed by atoms with Crippen LogP contribution in [0.1, 0.15) is 39.0 Å². The number of hydrogen-bond donors (Lipinski definition) is 1. The van der Waals surface area contributed by atoms with E-state index < -0.39 is 0 Å². The highest BCUT2D eigenvalue weighted by Gasteiger charge is 2.32. The van der Waals surface area contributed by atoms with Crippen LogP contribution in [0.15, 0.2) is 0 Å². The third-order valence-corrected chi connectivity index (χ3v) is 4.15. The maximum atomic E-state index is 11.8. The van der Waals surface area contributed by atoms with Crippen molar-refractivity contribution in [3.05, 3.63) is 0 Å². The fourth-order valence-electron chi connectivity index (χ4n) is 2.83. The highest BCUT2D eigenvalue weighted by Crippen LogP contribution is 2.31. The third-order valence-electron chi connectivity index (χ3n) is 4.15. The number of rotatable bonds is 4. The van der Waals surface area contributed by atoms with Gasteiger partial charge < -0.3 is 5.32 Å². The summed E-state index contributed by atoms with van der Waals surface area (Å²) in [6.07, 6.45) is 5.38. The molecule has 4 nitrogen and oxygen atoms in total. The molecule has 3 unspecified atom stereocenters. The Morgan fingerprint density at radius 3 is 2.72 bits per heavy atom. The number of hydrogen-bond acceptors (Lipinski definition) is 3. The fourth-order valence-corrected chi connectivity index (χ4v) is 2.83. The summed E-state index contributed by atoms with van der Waals surface area (Å²) >= 11 is 0. The standard InChI is InChI=1S/C14H23N3O/c1-10-3-4-11(8-15)13(7-10)17(2)9-14(18)16-12-5-6-12/h10-13H,3-7,9H2,1-2H3,(H,16,18). The maximum Gasteiger partial charge on any atom is 0.234 e. The summed E-state index contributed by atoms with van der Waals surface area (Å²) in [5.41, 5.74) is 0. The molecule has 0 saturated heterocycles. The van der Waals surface area contributed by atoms with Gasteiger partial charge in [0, 0.05) is 12.1 Å². The van der Waals surface area contributed by atoms with E-state index in [0.29, 0.717) is 18.5 Å². The van der Waals surface area contributed by atoms with Crippen molar-refractivity contribution in [3.8, 4) is 6.07 Å². The van der Waals surface area contributed by atoms with Gasteiger partial charge in [-0.1, -0.05) is 6.92 Å². The SMILES string of the molecule is CC1CCC(C#N)C(N(C)CC(=O)NC2CC2)C1. The van der Waals surface area contributed by atoms with Gasteiger partial charge in [-0.25, -0.2) is 0 Å². The quantitative estimate of drug-likeness (QED) is 0.822. The van der Waals surface area contributed by atoms with Gasteiger partial charge in [-0.05, 0) is 45.1 Å². The summed E-state index contributed by atoms with van der Waals surface area (Å²) in [5.74, 6) is 0.850. The first-order chi connectivity index (χ1) is 8.60. The Hall–Kier alpha value is -1.08. The summed E-state index contributed by atoms with van der Waals surface area (Å²) in [7, 11) is 1.97.